The molecule has 142 valence electrons. The molecule has 0 saturated carbocycles. The quantitative estimate of drug-likeness (QED) is 0.726. The van der Waals surface area contributed by atoms with E-state index in [2.05, 4.69) is 0 Å². The second-order valence-corrected chi connectivity index (χ2v) is 7.07. The highest BCUT2D eigenvalue weighted by molar-refractivity contribution is 6.33. The van der Waals surface area contributed by atoms with Crippen LogP contribution in [0.5, 0.6) is 0 Å². The molecule has 3 rings (SSSR count). The zero-order valence-electron chi connectivity index (χ0n) is 14.9. The number of rotatable bonds is 4. The van der Waals surface area contributed by atoms with Crippen LogP contribution < -0.4 is 0 Å². The monoisotopic (exact) mass is 406 g/mol. The number of esters is 1. The maximum atomic E-state index is 12.7. The van der Waals surface area contributed by atoms with Crippen LogP contribution in [-0.4, -0.2) is 55.0 Å². The van der Waals surface area contributed by atoms with Crippen LogP contribution in [0.25, 0.3) is 0 Å². The molecule has 1 aliphatic rings. The molecule has 1 unspecified atom stereocenters. The Labute approximate surface area is 168 Å². The summed E-state index contributed by atoms with van der Waals surface area (Å²) in [6.07, 6.45) is 0. The molecule has 1 fully saturated rings. The van der Waals surface area contributed by atoms with E-state index in [-0.39, 0.29) is 11.9 Å². The second kappa shape index (κ2) is 8.74. The topological polar surface area (TPSA) is 49.9 Å². The van der Waals surface area contributed by atoms with E-state index in [4.69, 9.17) is 27.9 Å². The lowest BCUT2D eigenvalue weighted by Crippen LogP contribution is -2.51. The molecule has 1 saturated heterocycles. The predicted octanol–water partition coefficient (Wildman–Crippen LogP) is 3.67. The zero-order chi connectivity index (χ0) is 19.4. The highest BCUT2D eigenvalue weighted by atomic mass is 35.5. The van der Waals surface area contributed by atoms with Crippen LogP contribution in [0.4, 0.5) is 0 Å². The molecule has 2 aromatic rings. The van der Waals surface area contributed by atoms with Crippen molar-refractivity contribution in [2.75, 3.05) is 33.3 Å². The number of benzene rings is 2. The Morgan fingerprint density at radius 1 is 0.926 bits per heavy atom. The van der Waals surface area contributed by atoms with Gasteiger partial charge in [0.05, 0.1) is 17.7 Å². The Bertz CT molecular complexity index is 835. The van der Waals surface area contributed by atoms with Crippen LogP contribution >= 0.6 is 23.2 Å². The van der Waals surface area contributed by atoms with E-state index in [1.54, 1.807) is 35.2 Å². The number of piperazine rings is 1. The van der Waals surface area contributed by atoms with E-state index in [0.29, 0.717) is 47.4 Å². The van der Waals surface area contributed by atoms with E-state index in [1.807, 2.05) is 23.1 Å². The molecule has 27 heavy (non-hydrogen) atoms. The Kier molecular flexibility index (Phi) is 6.37. The summed E-state index contributed by atoms with van der Waals surface area (Å²) in [5, 5.41) is 0.955. The Balaban J connectivity index is 1.75. The molecule has 0 radical (unpaired) electrons. The Hall–Kier alpha value is -2.08. The largest absolute Gasteiger partial charge is 0.468 e. The minimum atomic E-state index is -0.596. The summed E-state index contributed by atoms with van der Waals surface area (Å²) >= 11 is 12.4. The number of nitrogens with zero attached hydrogens (tertiary/aromatic N) is 2. The van der Waals surface area contributed by atoms with Crippen molar-refractivity contribution in [3.8, 4) is 0 Å². The van der Waals surface area contributed by atoms with E-state index < -0.39 is 6.04 Å². The second-order valence-electron chi connectivity index (χ2n) is 6.26. The van der Waals surface area contributed by atoms with Crippen LogP contribution in [0, 0.1) is 0 Å². The first-order valence-electron chi connectivity index (χ1n) is 8.63. The van der Waals surface area contributed by atoms with Crippen LogP contribution in [0.3, 0.4) is 0 Å². The van der Waals surface area contributed by atoms with Gasteiger partial charge in [0, 0.05) is 31.2 Å². The average molecular weight is 407 g/mol. The molecule has 0 aliphatic carbocycles. The molecule has 1 atom stereocenters. The van der Waals surface area contributed by atoms with Crippen LogP contribution in [0.1, 0.15) is 22.0 Å². The fourth-order valence-corrected chi connectivity index (χ4v) is 3.73. The summed E-state index contributed by atoms with van der Waals surface area (Å²) in [6.45, 7) is 2.03. The molecular weight excluding hydrogens is 387 g/mol. The Morgan fingerprint density at radius 2 is 1.52 bits per heavy atom. The van der Waals surface area contributed by atoms with Gasteiger partial charge in [0.1, 0.15) is 6.04 Å². The molecule has 0 spiro atoms. The number of methoxy groups -OCH3 is 1. The summed E-state index contributed by atoms with van der Waals surface area (Å²) in [4.78, 5) is 28.9. The highest BCUT2D eigenvalue weighted by Gasteiger charge is 2.33. The standard InChI is InChI=1S/C20H20Cl2N2O3/c1-27-20(26)18(14-6-2-4-8-16(14)21)23-10-12-24(13-11-23)19(25)15-7-3-5-9-17(15)22/h2-9,18H,10-13H2,1H3. The lowest BCUT2D eigenvalue weighted by molar-refractivity contribution is -0.148. The number of amides is 1. The molecular formula is C20H20Cl2N2O3. The van der Waals surface area contributed by atoms with E-state index >= 15 is 0 Å². The summed E-state index contributed by atoms with van der Waals surface area (Å²) in [5.74, 6) is -0.471. The van der Waals surface area contributed by atoms with Gasteiger partial charge in [0.25, 0.3) is 5.91 Å². The first-order chi connectivity index (χ1) is 13.0. The van der Waals surface area contributed by atoms with Gasteiger partial charge in [-0.2, -0.15) is 0 Å². The molecule has 1 aliphatic heterocycles. The maximum absolute atomic E-state index is 12.7. The van der Waals surface area contributed by atoms with Gasteiger partial charge in [-0.3, -0.25) is 9.69 Å². The Morgan fingerprint density at radius 3 is 2.11 bits per heavy atom. The molecule has 0 aromatic heterocycles. The van der Waals surface area contributed by atoms with Crippen LogP contribution in [-0.2, 0) is 9.53 Å². The minimum Gasteiger partial charge on any atom is -0.468 e. The molecule has 0 N–H and O–H groups in total. The van der Waals surface area contributed by atoms with Crippen molar-refractivity contribution in [1.29, 1.82) is 0 Å². The third-order valence-electron chi connectivity index (χ3n) is 4.70. The van der Waals surface area contributed by atoms with Gasteiger partial charge in [0.2, 0.25) is 0 Å². The van der Waals surface area contributed by atoms with Crippen LogP contribution in [0.15, 0.2) is 48.5 Å². The summed E-state index contributed by atoms with van der Waals surface area (Å²) in [6, 6.07) is 13.7. The lowest BCUT2D eigenvalue weighted by atomic mass is 10.0. The lowest BCUT2D eigenvalue weighted by Gasteiger charge is -2.38. The van der Waals surface area contributed by atoms with Crippen molar-refractivity contribution in [3.05, 3.63) is 69.7 Å². The molecule has 0 bridgehead atoms. The predicted molar refractivity (Wildman–Crippen MR) is 105 cm³/mol. The normalized spacial score (nSPS) is 16.0. The maximum Gasteiger partial charge on any atom is 0.327 e. The van der Waals surface area contributed by atoms with Gasteiger partial charge in [-0.15, -0.1) is 0 Å². The molecule has 7 heteroatoms. The highest BCUT2D eigenvalue weighted by Crippen LogP contribution is 2.30. The van der Waals surface area contributed by atoms with Gasteiger partial charge < -0.3 is 9.64 Å². The number of ether oxygens (including phenoxy) is 1. The van der Waals surface area contributed by atoms with Gasteiger partial charge >= 0.3 is 5.97 Å². The van der Waals surface area contributed by atoms with Crippen molar-refractivity contribution < 1.29 is 14.3 Å². The third kappa shape index (κ3) is 4.26. The van der Waals surface area contributed by atoms with Crippen molar-refractivity contribution >= 4 is 35.1 Å². The van der Waals surface area contributed by atoms with Crippen molar-refractivity contribution in [2.24, 2.45) is 0 Å². The SMILES string of the molecule is COC(=O)C(c1ccccc1Cl)N1CCN(C(=O)c2ccccc2Cl)CC1. The van der Waals surface area contributed by atoms with Crippen molar-refractivity contribution in [2.45, 2.75) is 6.04 Å². The van der Waals surface area contributed by atoms with E-state index in [1.165, 1.54) is 7.11 Å². The number of carbonyl (C=O) groups is 2. The molecule has 1 heterocycles. The molecule has 5 nitrogen and oxygen atoms in total. The van der Waals surface area contributed by atoms with Gasteiger partial charge in [-0.1, -0.05) is 53.5 Å². The fraction of sp³-hybridized carbons (Fsp3) is 0.300. The summed E-state index contributed by atoms with van der Waals surface area (Å²) in [7, 11) is 1.36. The molecule has 1 amide bonds. The number of hydrogen-bond donors (Lipinski definition) is 0. The van der Waals surface area contributed by atoms with Crippen LogP contribution in [0.2, 0.25) is 10.0 Å². The van der Waals surface area contributed by atoms with Crippen molar-refractivity contribution in [1.82, 2.24) is 9.80 Å². The smallest absolute Gasteiger partial charge is 0.327 e. The number of carbonyl (C=O) groups excluding carboxylic acids is 2. The first-order valence-corrected chi connectivity index (χ1v) is 9.38. The third-order valence-corrected chi connectivity index (χ3v) is 5.37. The van der Waals surface area contributed by atoms with Gasteiger partial charge in [-0.05, 0) is 23.8 Å². The summed E-state index contributed by atoms with van der Waals surface area (Å²) < 4.78 is 5.00. The van der Waals surface area contributed by atoms with E-state index in [9.17, 15) is 9.59 Å². The first kappa shape index (κ1) is 19.7. The zero-order valence-corrected chi connectivity index (χ0v) is 16.4. The summed E-state index contributed by atoms with van der Waals surface area (Å²) in [5.41, 5.74) is 1.19. The number of hydrogen-bond acceptors (Lipinski definition) is 4. The number of halogens is 2. The minimum absolute atomic E-state index is 0.104. The van der Waals surface area contributed by atoms with Gasteiger partial charge in [-0.25, -0.2) is 4.79 Å². The van der Waals surface area contributed by atoms with E-state index in [0.717, 1.165) is 0 Å². The molecule has 2 aromatic carbocycles. The van der Waals surface area contributed by atoms with Gasteiger partial charge in [0.15, 0.2) is 0 Å². The fourth-order valence-electron chi connectivity index (χ4n) is 3.27. The van der Waals surface area contributed by atoms with Crippen molar-refractivity contribution in [3.63, 3.8) is 0 Å². The average Bonchev–Trinajstić information content (AvgIpc) is 2.70.